The number of alkyl halides is 3. The van der Waals surface area contributed by atoms with E-state index in [2.05, 4.69) is 0 Å². The van der Waals surface area contributed by atoms with Crippen molar-refractivity contribution in [2.75, 3.05) is 5.73 Å². The van der Waals surface area contributed by atoms with Crippen LogP contribution in [-0.4, -0.2) is 0 Å². The highest BCUT2D eigenvalue weighted by Gasteiger charge is 2.30. The van der Waals surface area contributed by atoms with E-state index in [0.29, 0.717) is 12.0 Å². The van der Waals surface area contributed by atoms with Gasteiger partial charge in [0.15, 0.2) is 0 Å². The maximum absolute atomic E-state index is 12.3. The number of nitrogen functional groups attached to an aromatic ring is 1. The summed E-state index contributed by atoms with van der Waals surface area (Å²) in [6, 6.07) is 3.62. The Morgan fingerprint density at radius 2 is 1.93 bits per heavy atom. The highest BCUT2D eigenvalue weighted by Crippen LogP contribution is 2.31. The van der Waals surface area contributed by atoms with Crippen molar-refractivity contribution in [1.82, 2.24) is 0 Å². The van der Waals surface area contributed by atoms with Crippen molar-refractivity contribution < 1.29 is 13.2 Å². The molecule has 14 heavy (non-hydrogen) atoms. The molecule has 0 heterocycles. The quantitative estimate of drug-likeness (QED) is 0.733. The molecule has 0 atom stereocenters. The second kappa shape index (κ2) is 3.90. The predicted octanol–water partition coefficient (Wildman–Crippen LogP) is 3.05. The number of hydrogen-bond donors (Lipinski definition) is 1. The highest BCUT2D eigenvalue weighted by atomic mass is 19.4. The van der Waals surface area contributed by atoms with E-state index in [1.807, 2.05) is 0 Å². The minimum atomic E-state index is -4.32. The molecule has 1 aromatic rings. The average molecular weight is 202 g/mol. The van der Waals surface area contributed by atoms with Crippen LogP contribution in [0.4, 0.5) is 18.9 Å². The van der Waals surface area contributed by atoms with Crippen molar-refractivity contribution in [2.45, 2.75) is 19.5 Å². The maximum Gasteiger partial charge on any atom is 0.416 e. The molecule has 2 N–H and O–H groups in total. The molecule has 1 rings (SSSR count). The first-order chi connectivity index (χ1) is 6.43. The van der Waals surface area contributed by atoms with E-state index in [0.717, 1.165) is 12.1 Å². The van der Waals surface area contributed by atoms with Crippen molar-refractivity contribution in [3.8, 4) is 0 Å². The summed E-state index contributed by atoms with van der Waals surface area (Å²) in [5, 5.41) is 0. The second-order valence-electron chi connectivity index (χ2n) is 3.07. The Kier molecular flexibility index (Phi) is 3.03. The molecule has 0 fully saturated rings. The minimum Gasteiger partial charge on any atom is -0.399 e. The summed E-state index contributed by atoms with van der Waals surface area (Å²) in [6.07, 6.45) is -2.04. The Morgan fingerprint density at radius 1 is 1.29 bits per heavy atom. The molecule has 0 aliphatic carbocycles. The zero-order valence-electron chi connectivity index (χ0n) is 7.73. The molecule has 0 aliphatic heterocycles. The SMILES string of the molecule is C[CH]Cc1cc(N)cc(C(F)(F)F)c1. The molecule has 0 aliphatic rings. The Balaban J connectivity index is 3.07. The Morgan fingerprint density at radius 3 is 2.43 bits per heavy atom. The van der Waals surface area contributed by atoms with E-state index in [1.54, 1.807) is 19.4 Å². The van der Waals surface area contributed by atoms with Gasteiger partial charge in [-0.1, -0.05) is 6.92 Å². The molecular formula is C10H11F3N. The number of rotatable bonds is 2. The van der Waals surface area contributed by atoms with Crippen LogP contribution in [0.2, 0.25) is 0 Å². The summed E-state index contributed by atoms with van der Waals surface area (Å²) in [6.45, 7) is 1.79. The smallest absolute Gasteiger partial charge is 0.399 e. The molecule has 1 radical (unpaired) electrons. The minimum absolute atomic E-state index is 0.150. The molecule has 0 aromatic heterocycles. The molecule has 0 saturated carbocycles. The van der Waals surface area contributed by atoms with Gasteiger partial charge in [0.05, 0.1) is 5.56 Å². The number of benzene rings is 1. The van der Waals surface area contributed by atoms with Gasteiger partial charge in [-0.25, -0.2) is 0 Å². The van der Waals surface area contributed by atoms with E-state index in [4.69, 9.17) is 5.73 Å². The first-order valence-corrected chi connectivity index (χ1v) is 4.18. The lowest BCUT2D eigenvalue weighted by Crippen LogP contribution is -2.06. The number of halogens is 3. The van der Waals surface area contributed by atoms with Gasteiger partial charge >= 0.3 is 6.18 Å². The molecule has 0 spiro atoms. The van der Waals surface area contributed by atoms with Crippen molar-refractivity contribution in [3.05, 3.63) is 35.7 Å². The van der Waals surface area contributed by atoms with Gasteiger partial charge in [0.25, 0.3) is 0 Å². The van der Waals surface area contributed by atoms with Gasteiger partial charge in [0.2, 0.25) is 0 Å². The number of hydrogen-bond acceptors (Lipinski definition) is 1. The lowest BCUT2D eigenvalue weighted by atomic mass is 10.1. The van der Waals surface area contributed by atoms with Crippen molar-refractivity contribution >= 4 is 5.69 Å². The Labute approximate surface area is 80.7 Å². The van der Waals surface area contributed by atoms with E-state index in [-0.39, 0.29) is 5.69 Å². The lowest BCUT2D eigenvalue weighted by molar-refractivity contribution is -0.137. The fourth-order valence-electron chi connectivity index (χ4n) is 1.24. The molecule has 1 nitrogen and oxygen atoms in total. The van der Waals surface area contributed by atoms with Crippen LogP contribution in [0, 0.1) is 6.42 Å². The van der Waals surface area contributed by atoms with Crippen LogP contribution in [0.25, 0.3) is 0 Å². The monoisotopic (exact) mass is 202 g/mol. The molecule has 0 unspecified atom stereocenters. The summed E-state index contributed by atoms with van der Waals surface area (Å²) in [7, 11) is 0. The van der Waals surface area contributed by atoms with Crippen molar-refractivity contribution in [1.29, 1.82) is 0 Å². The van der Waals surface area contributed by atoms with Crippen LogP contribution < -0.4 is 5.73 Å². The zero-order valence-corrected chi connectivity index (χ0v) is 7.73. The van der Waals surface area contributed by atoms with Gasteiger partial charge in [-0.2, -0.15) is 13.2 Å². The molecule has 0 amide bonds. The first-order valence-electron chi connectivity index (χ1n) is 4.18. The van der Waals surface area contributed by atoms with Gasteiger partial charge < -0.3 is 5.73 Å². The largest absolute Gasteiger partial charge is 0.416 e. The van der Waals surface area contributed by atoms with Gasteiger partial charge in [0, 0.05) is 5.69 Å². The number of anilines is 1. The van der Waals surface area contributed by atoms with E-state index in [9.17, 15) is 13.2 Å². The Hall–Kier alpha value is -1.19. The van der Waals surface area contributed by atoms with Gasteiger partial charge in [-0.05, 0) is 36.6 Å². The fraction of sp³-hybridized carbons (Fsp3) is 0.300. The lowest BCUT2D eigenvalue weighted by Gasteiger charge is -2.09. The summed E-state index contributed by atoms with van der Waals surface area (Å²) in [5.74, 6) is 0. The average Bonchev–Trinajstić information content (AvgIpc) is 2.02. The molecule has 77 valence electrons. The van der Waals surface area contributed by atoms with Crippen LogP contribution in [-0.2, 0) is 12.6 Å². The zero-order chi connectivity index (χ0) is 10.8. The topological polar surface area (TPSA) is 26.0 Å². The van der Waals surface area contributed by atoms with E-state index < -0.39 is 11.7 Å². The van der Waals surface area contributed by atoms with Gasteiger partial charge in [0.1, 0.15) is 0 Å². The van der Waals surface area contributed by atoms with Crippen LogP contribution in [0.3, 0.4) is 0 Å². The maximum atomic E-state index is 12.3. The van der Waals surface area contributed by atoms with Gasteiger partial charge in [-0.15, -0.1) is 0 Å². The van der Waals surface area contributed by atoms with Crippen LogP contribution in [0.1, 0.15) is 18.1 Å². The fourth-order valence-corrected chi connectivity index (χ4v) is 1.24. The predicted molar refractivity (Wildman–Crippen MR) is 49.5 cm³/mol. The molecule has 0 bridgehead atoms. The molecule has 4 heteroatoms. The van der Waals surface area contributed by atoms with E-state index >= 15 is 0 Å². The van der Waals surface area contributed by atoms with E-state index in [1.165, 1.54) is 0 Å². The highest BCUT2D eigenvalue weighted by molar-refractivity contribution is 5.45. The van der Waals surface area contributed by atoms with Crippen LogP contribution in [0.15, 0.2) is 18.2 Å². The summed E-state index contributed by atoms with van der Waals surface area (Å²) < 4.78 is 37.0. The summed E-state index contributed by atoms with van der Waals surface area (Å²) in [5.41, 5.74) is 5.42. The normalized spacial score (nSPS) is 11.7. The Bertz CT molecular complexity index is 318. The summed E-state index contributed by atoms with van der Waals surface area (Å²) >= 11 is 0. The standard InChI is InChI=1S/C10H11F3N/c1-2-3-7-4-8(10(11,12)13)6-9(14)5-7/h2,4-6H,3,14H2,1H3. The van der Waals surface area contributed by atoms with Crippen molar-refractivity contribution in [3.63, 3.8) is 0 Å². The second-order valence-corrected chi connectivity index (χ2v) is 3.07. The third-order valence-electron chi connectivity index (χ3n) is 1.78. The molecule has 1 aromatic carbocycles. The van der Waals surface area contributed by atoms with Crippen LogP contribution in [0.5, 0.6) is 0 Å². The third kappa shape index (κ3) is 2.65. The van der Waals surface area contributed by atoms with Gasteiger partial charge in [-0.3, -0.25) is 0 Å². The van der Waals surface area contributed by atoms with Crippen molar-refractivity contribution in [2.24, 2.45) is 0 Å². The van der Waals surface area contributed by atoms with Crippen LogP contribution >= 0.6 is 0 Å². The summed E-state index contributed by atoms with van der Waals surface area (Å²) in [4.78, 5) is 0. The first kappa shape index (κ1) is 10.9. The molecule has 0 saturated heterocycles. The number of nitrogens with two attached hydrogens (primary N) is 1. The third-order valence-corrected chi connectivity index (χ3v) is 1.78. The molecular weight excluding hydrogens is 191 g/mol.